The Morgan fingerprint density at radius 1 is 1.40 bits per heavy atom. The molecule has 1 heterocycles. The molecule has 0 aliphatic carbocycles. The summed E-state index contributed by atoms with van der Waals surface area (Å²) in [5.41, 5.74) is -0.902. The standard InChI is InChI=1S/C14H22N2O4/c1-4-14(19,5-2)9-15-12(17)10(3)16-13(18)11-7-6-8-20-11/h6-8,10,19H,4-5,9H2,1-3H3,(H,15,17)(H,16,18). The molecule has 1 rings (SSSR count). The third-order valence-corrected chi connectivity index (χ3v) is 3.39. The zero-order valence-electron chi connectivity index (χ0n) is 12.1. The molecule has 0 bridgehead atoms. The van der Waals surface area contributed by atoms with Crippen LogP contribution >= 0.6 is 0 Å². The molecule has 20 heavy (non-hydrogen) atoms. The number of hydrogen-bond donors (Lipinski definition) is 3. The van der Waals surface area contributed by atoms with Gasteiger partial charge >= 0.3 is 0 Å². The summed E-state index contributed by atoms with van der Waals surface area (Å²) in [4.78, 5) is 23.6. The summed E-state index contributed by atoms with van der Waals surface area (Å²) >= 11 is 0. The van der Waals surface area contributed by atoms with Gasteiger partial charge in [-0.1, -0.05) is 13.8 Å². The molecule has 2 amide bonds. The first kappa shape index (κ1) is 16.2. The van der Waals surface area contributed by atoms with E-state index in [1.54, 1.807) is 13.0 Å². The van der Waals surface area contributed by atoms with Crippen molar-refractivity contribution < 1.29 is 19.1 Å². The number of furan rings is 1. The van der Waals surface area contributed by atoms with Crippen LogP contribution in [0, 0.1) is 0 Å². The van der Waals surface area contributed by atoms with Crippen molar-refractivity contribution in [3.63, 3.8) is 0 Å². The average molecular weight is 282 g/mol. The van der Waals surface area contributed by atoms with E-state index in [4.69, 9.17) is 4.42 Å². The van der Waals surface area contributed by atoms with Crippen LogP contribution in [0.25, 0.3) is 0 Å². The fraction of sp³-hybridized carbons (Fsp3) is 0.571. The SMILES string of the molecule is CCC(O)(CC)CNC(=O)C(C)NC(=O)c1ccco1. The number of carbonyl (C=O) groups is 2. The predicted octanol–water partition coefficient (Wildman–Crippen LogP) is 1.07. The Bertz CT molecular complexity index is 438. The molecule has 0 aromatic carbocycles. The summed E-state index contributed by atoms with van der Waals surface area (Å²) in [7, 11) is 0. The van der Waals surface area contributed by atoms with Gasteiger partial charge in [0, 0.05) is 6.54 Å². The van der Waals surface area contributed by atoms with Crippen LogP contribution in [0.5, 0.6) is 0 Å². The highest BCUT2D eigenvalue weighted by Crippen LogP contribution is 2.12. The molecule has 0 radical (unpaired) electrons. The smallest absolute Gasteiger partial charge is 0.287 e. The minimum atomic E-state index is -0.902. The number of rotatable bonds is 7. The van der Waals surface area contributed by atoms with E-state index in [-0.39, 0.29) is 18.2 Å². The fourth-order valence-electron chi connectivity index (χ4n) is 1.65. The van der Waals surface area contributed by atoms with E-state index in [0.29, 0.717) is 12.8 Å². The molecule has 1 aromatic heterocycles. The molecule has 0 aliphatic rings. The lowest BCUT2D eigenvalue weighted by molar-refractivity contribution is -0.123. The molecule has 6 heteroatoms. The van der Waals surface area contributed by atoms with Crippen molar-refractivity contribution in [3.05, 3.63) is 24.2 Å². The maximum atomic E-state index is 11.9. The molecule has 0 saturated heterocycles. The minimum absolute atomic E-state index is 0.156. The Kier molecular flexibility index (Phi) is 5.76. The highest BCUT2D eigenvalue weighted by Gasteiger charge is 2.25. The lowest BCUT2D eigenvalue weighted by atomic mass is 9.97. The van der Waals surface area contributed by atoms with Gasteiger partial charge in [-0.3, -0.25) is 9.59 Å². The number of hydrogen-bond acceptors (Lipinski definition) is 4. The first-order valence-corrected chi connectivity index (χ1v) is 6.76. The van der Waals surface area contributed by atoms with Gasteiger partial charge in [0.2, 0.25) is 5.91 Å². The van der Waals surface area contributed by atoms with Crippen molar-refractivity contribution in [3.8, 4) is 0 Å². The highest BCUT2D eigenvalue weighted by atomic mass is 16.3. The first-order chi connectivity index (χ1) is 9.41. The maximum absolute atomic E-state index is 11.9. The number of amides is 2. The molecule has 1 atom stereocenters. The molecule has 0 fully saturated rings. The Morgan fingerprint density at radius 2 is 2.05 bits per heavy atom. The molecule has 1 aromatic rings. The van der Waals surface area contributed by atoms with Gasteiger partial charge in [0.25, 0.3) is 5.91 Å². The maximum Gasteiger partial charge on any atom is 0.287 e. The summed E-state index contributed by atoms with van der Waals surface area (Å²) in [6, 6.07) is 2.42. The van der Waals surface area contributed by atoms with Gasteiger partial charge in [-0.05, 0) is 31.9 Å². The van der Waals surface area contributed by atoms with E-state index in [9.17, 15) is 14.7 Å². The second kappa shape index (κ2) is 7.09. The predicted molar refractivity (Wildman–Crippen MR) is 74.2 cm³/mol. The van der Waals surface area contributed by atoms with Gasteiger partial charge in [0.05, 0.1) is 11.9 Å². The monoisotopic (exact) mass is 282 g/mol. The van der Waals surface area contributed by atoms with E-state index in [1.165, 1.54) is 12.3 Å². The van der Waals surface area contributed by atoms with Crippen LogP contribution in [-0.4, -0.2) is 35.1 Å². The Hall–Kier alpha value is -1.82. The van der Waals surface area contributed by atoms with E-state index < -0.39 is 17.6 Å². The van der Waals surface area contributed by atoms with E-state index in [2.05, 4.69) is 10.6 Å². The molecule has 1 unspecified atom stereocenters. The van der Waals surface area contributed by atoms with Gasteiger partial charge in [-0.25, -0.2) is 0 Å². The molecular weight excluding hydrogens is 260 g/mol. The summed E-state index contributed by atoms with van der Waals surface area (Å²) in [6.45, 7) is 5.46. The van der Waals surface area contributed by atoms with Crippen molar-refractivity contribution in [2.75, 3.05) is 6.54 Å². The lowest BCUT2D eigenvalue weighted by Crippen LogP contribution is -2.49. The van der Waals surface area contributed by atoms with Gasteiger partial charge in [0.15, 0.2) is 5.76 Å². The molecule has 0 saturated carbocycles. The summed E-state index contributed by atoms with van der Waals surface area (Å²) in [5.74, 6) is -0.632. The third-order valence-electron chi connectivity index (χ3n) is 3.39. The van der Waals surface area contributed by atoms with Crippen molar-refractivity contribution in [2.24, 2.45) is 0 Å². The summed E-state index contributed by atoms with van der Waals surface area (Å²) in [6.07, 6.45) is 2.50. The van der Waals surface area contributed by atoms with Crippen LogP contribution in [0.3, 0.4) is 0 Å². The average Bonchev–Trinajstić information content (AvgIpc) is 2.98. The van der Waals surface area contributed by atoms with Crippen molar-refractivity contribution in [1.82, 2.24) is 10.6 Å². The van der Waals surface area contributed by atoms with Crippen molar-refractivity contribution in [1.29, 1.82) is 0 Å². The number of carbonyl (C=O) groups excluding carboxylic acids is 2. The van der Waals surface area contributed by atoms with Crippen LogP contribution in [-0.2, 0) is 4.79 Å². The molecule has 6 nitrogen and oxygen atoms in total. The highest BCUT2D eigenvalue weighted by molar-refractivity contribution is 5.95. The van der Waals surface area contributed by atoms with Crippen molar-refractivity contribution in [2.45, 2.75) is 45.3 Å². The van der Waals surface area contributed by atoms with E-state index >= 15 is 0 Å². The van der Waals surface area contributed by atoms with Crippen molar-refractivity contribution >= 4 is 11.8 Å². The number of aliphatic hydroxyl groups is 1. The normalized spacial score (nSPS) is 12.8. The van der Waals surface area contributed by atoms with Crippen LogP contribution < -0.4 is 10.6 Å². The van der Waals surface area contributed by atoms with Gasteiger partial charge < -0.3 is 20.2 Å². The van der Waals surface area contributed by atoms with Gasteiger partial charge in [-0.2, -0.15) is 0 Å². The largest absolute Gasteiger partial charge is 0.459 e. The second-order valence-electron chi connectivity index (χ2n) is 4.82. The Balaban J connectivity index is 2.45. The molecule has 112 valence electrons. The topological polar surface area (TPSA) is 91.6 Å². The Labute approximate surface area is 118 Å². The summed E-state index contributed by atoms with van der Waals surface area (Å²) < 4.78 is 4.94. The zero-order chi connectivity index (χ0) is 15.2. The first-order valence-electron chi connectivity index (χ1n) is 6.76. The fourth-order valence-corrected chi connectivity index (χ4v) is 1.65. The number of nitrogens with one attached hydrogen (secondary N) is 2. The van der Waals surface area contributed by atoms with E-state index in [0.717, 1.165) is 0 Å². The molecule has 0 spiro atoms. The van der Waals surface area contributed by atoms with Gasteiger partial charge in [-0.15, -0.1) is 0 Å². The Morgan fingerprint density at radius 3 is 2.55 bits per heavy atom. The minimum Gasteiger partial charge on any atom is -0.459 e. The van der Waals surface area contributed by atoms with Crippen LogP contribution in [0.4, 0.5) is 0 Å². The van der Waals surface area contributed by atoms with E-state index in [1.807, 2.05) is 13.8 Å². The second-order valence-corrected chi connectivity index (χ2v) is 4.82. The van der Waals surface area contributed by atoms with Gasteiger partial charge in [0.1, 0.15) is 6.04 Å². The molecule has 3 N–H and O–H groups in total. The quantitative estimate of drug-likeness (QED) is 0.697. The molecular formula is C14H22N2O4. The van der Waals surface area contributed by atoms with Crippen LogP contribution in [0.15, 0.2) is 22.8 Å². The zero-order valence-corrected chi connectivity index (χ0v) is 12.1. The third kappa shape index (κ3) is 4.38. The lowest BCUT2D eigenvalue weighted by Gasteiger charge is -2.26. The van der Waals surface area contributed by atoms with Crippen LogP contribution in [0.1, 0.15) is 44.2 Å². The molecule has 0 aliphatic heterocycles. The summed E-state index contributed by atoms with van der Waals surface area (Å²) in [5, 5.41) is 15.2. The van der Waals surface area contributed by atoms with Crippen LogP contribution in [0.2, 0.25) is 0 Å².